The van der Waals surface area contributed by atoms with Gasteiger partial charge < -0.3 is 14.6 Å². The summed E-state index contributed by atoms with van der Waals surface area (Å²) in [5.41, 5.74) is 1.53. The van der Waals surface area contributed by atoms with Crippen molar-refractivity contribution in [1.29, 1.82) is 0 Å². The van der Waals surface area contributed by atoms with Gasteiger partial charge in [-0.2, -0.15) is 0 Å². The van der Waals surface area contributed by atoms with Gasteiger partial charge >= 0.3 is 5.97 Å². The topological polar surface area (TPSA) is 68.1 Å². The van der Waals surface area contributed by atoms with Crippen LogP contribution in [0, 0.1) is 5.82 Å². The highest BCUT2D eigenvalue weighted by Gasteiger charge is 2.33. The summed E-state index contributed by atoms with van der Waals surface area (Å²) >= 11 is 13.9. The number of hydrogen-bond donors (Lipinski definition) is 1. The van der Waals surface area contributed by atoms with Crippen LogP contribution in [-0.2, 0) is 16.1 Å². The lowest BCUT2D eigenvalue weighted by atomic mass is 10.1. The fourth-order valence-electron chi connectivity index (χ4n) is 3.33. The number of aliphatic imine (C=N–C) groups is 1. The second-order valence-corrected chi connectivity index (χ2v) is 9.35. The molecule has 36 heavy (non-hydrogen) atoms. The van der Waals surface area contributed by atoms with Crippen molar-refractivity contribution in [3.05, 3.63) is 110 Å². The molecule has 184 valence electrons. The van der Waals surface area contributed by atoms with Gasteiger partial charge in [0.2, 0.25) is 0 Å². The number of para-hydroxylation sites is 1. The van der Waals surface area contributed by atoms with Crippen molar-refractivity contribution < 1.29 is 23.8 Å². The van der Waals surface area contributed by atoms with Crippen molar-refractivity contribution in [2.45, 2.75) is 13.5 Å². The highest BCUT2D eigenvalue weighted by atomic mass is 35.5. The largest absolute Gasteiger partial charge is 0.506 e. The van der Waals surface area contributed by atoms with Crippen LogP contribution >= 0.6 is 35.0 Å². The van der Waals surface area contributed by atoms with Crippen molar-refractivity contribution in [1.82, 2.24) is 0 Å². The number of nitrogens with zero attached hydrogens (tertiary/aromatic N) is 1. The average molecular weight is 544 g/mol. The minimum absolute atomic E-state index is 0.0148. The van der Waals surface area contributed by atoms with E-state index in [0.717, 1.165) is 11.8 Å². The molecule has 3 aromatic rings. The van der Waals surface area contributed by atoms with Crippen LogP contribution in [-0.4, -0.2) is 22.7 Å². The van der Waals surface area contributed by atoms with E-state index in [1.807, 2.05) is 18.2 Å². The molecule has 0 unspecified atom stereocenters. The Bertz CT molecular complexity index is 1370. The van der Waals surface area contributed by atoms with Crippen molar-refractivity contribution in [3.63, 3.8) is 0 Å². The third-order valence-electron chi connectivity index (χ3n) is 5.01. The normalized spacial score (nSPS) is 15.6. The monoisotopic (exact) mass is 543 g/mol. The van der Waals surface area contributed by atoms with Gasteiger partial charge in [0.1, 0.15) is 28.8 Å². The van der Waals surface area contributed by atoms with Gasteiger partial charge in [-0.1, -0.05) is 71.4 Å². The molecule has 0 amide bonds. The molecule has 9 heteroatoms. The fraction of sp³-hybridized carbons (Fsp3) is 0.111. The van der Waals surface area contributed by atoms with E-state index in [2.05, 4.69) is 4.99 Å². The number of aliphatic hydroxyl groups excluding tert-OH is 1. The lowest BCUT2D eigenvalue weighted by Gasteiger charge is -2.11. The Hall–Kier alpha value is -3.26. The van der Waals surface area contributed by atoms with Crippen LogP contribution in [0.2, 0.25) is 10.0 Å². The summed E-state index contributed by atoms with van der Waals surface area (Å²) < 4.78 is 24.7. The Morgan fingerprint density at radius 3 is 2.42 bits per heavy atom. The molecular weight excluding hydrogens is 524 g/mol. The molecule has 1 N–H and O–H groups in total. The van der Waals surface area contributed by atoms with Crippen LogP contribution in [0.25, 0.3) is 6.08 Å². The standard InChI is InChI=1S/C27H20Cl2FNO4S/c1-2-34-27(33)23-24(32)22(36-26(23)31-18-9-4-3-5-10-18)14-16-12-19(28)25(20(29)13-16)35-15-17-8-6-7-11-21(17)30/h3-14,32H,2,15H2,1H3/b22-14-,31-26?. The van der Waals surface area contributed by atoms with Crippen LogP contribution in [0.5, 0.6) is 5.75 Å². The summed E-state index contributed by atoms with van der Waals surface area (Å²) in [4.78, 5) is 17.5. The van der Waals surface area contributed by atoms with Gasteiger partial charge in [0, 0.05) is 5.56 Å². The third-order valence-corrected chi connectivity index (χ3v) is 6.59. The maximum Gasteiger partial charge on any atom is 0.344 e. The zero-order valence-corrected chi connectivity index (χ0v) is 21.3. The van der Waals surface area contributed by atoms with Gasteiger partial charge in [-0.25, -0.2) is 14.2 Å². The van der Waals surface area contributed by atoms with Crippen molar-refractivity contribution in [2.24, 2.45) is 4.99 Å². The number of ether oxygens (including phenoxy) is 2. The van der Waals surface area contributed by atoms with Gasteiger partial charge in [-0.05, 0) is 48.9 Å². The lowest BCUT2D eigenvalue weighted by molar-refractivity contribution is -0.138. The minimum Gasteiger partial charge on any atom is -0.506 e. The predicted molar refractivity (Wildman–Crippen MR) is 143 cm³/mol. The zero-order valence-electron chi connectivity index (χ0n) is 19.0. The van der Waals surface area contributed by atoms with Crippen LogP contribution in [0.4, 0.5) is 10.1 Å². The molecule has 0 atom stereocenters. The van der Waals surface area contributed by atoms with Crippen molar-refractivity contribution in [3.8, 4) is 5.75 Å². The summed E-state index contributed by atoms with van der Waals surface area (Å²) in [5.74, 6) is -1.10. The molecule has 0 spiro atoms. The van der Waals surface area contributed by atoms with Crippen LogP contribution in [0.15, 0.2) is 88.0 Å². The second-order valence-electron chi connectivity index (χ2n) is 7.50. The molecule has 0 aliphatic carbocycles. The lowest BCUT2D eigenvalue weighted by Crippen LogP contribution is -2.12. The number of hydrogen-bond acceptors (Lipinski definition) is 6. The Morgan fingerprint density at radius 1 is 1.08 bits per heavy atom. The summed E-state index contributed by atoms with van der Waals surface area (Å²) in [6, 6.07) is 18.5. The molecular formula is C27H20Cl2FNO4S. The van der Waals surface area contributed by atoms with Gasteiger partial charge in [-0.15, -0.1) is 0 Å². The Kier molecular flexibility index (Phi) is 8.36. The summed E-state index contributed by atoms with van der Waals surface area (Å²) in [7, 11) is 0. The SMILES string of the molecule is CCOC(=O)C1=C(O)/C(=C/c2cc(Cl)c(OCc3ccccc3F)c(Cl)c2)SC1=Nc1ccccc1. The van der Waals surface area contributed by atoms with E-state index in [1.54, 1.807) is 55.5 Å². The molecule has 4 rings (SSSR count). The Balaban J connectivity index is 1.64. The zero-order chi connectivity index (χ0) is 25.7. The van der Waals surface area contributed by atoms with Crippen molar-refractivity contribution >= 4 is 57.7 Å². The average Bonchev–Trinajstić information content (AvgIpc) is 3.14. The smallest absolute Gasteiger partial charge is 0.344 e. The number of carbonyl (C=O) groups excluding carboxylic acids is 1. The summed E-state index contributed by atoms with van der Waals surface area (Å²) in [5, 5.41) is 11.6. The quantitative estimate of drug-likeness (QED) is 0.306. The second kappa shape index (κ2) is 11.6. The number of rotatable bonds is 7. The summed E-state index contributed by atoms with van der Waals surface area (Å²) in [6.07, 6.45) is 1.63. The molecule has 0 saturated heterocycles. The van der Waals surface area contributed by atoms with Gasteiger partial charge in [0.25, 0.3) is 0 Å². The van der Waals surface area contributed by atoms with Gasteiger partial charge in [0.15, 0.2) is 5.75 Å². The number of carbonyl (C=O) groups is 1. The molecule has 1 aliphatic rings. The first kappa shape index (κ1) is 25.8. The van der Waals surface area contributed by atoms with E-state index < -0.39 is 11.8 Å². The van der Waals surface area contributed by atoms with E-state index >= 15 is 0 Å². The minimum atomic E-state index is -0.673. The van der Waals surface area contributed by atoms with Crippen LogP contribution in [0.1, 0.15) is 18.1 Å². The van der Waals surface area contributed by atoms with E-state index in [1.165, 1.54) is 6.07 Å². The van der Waals surface area contributed by atoms with E-state index in [0.29, 0.717) is 26.8 Å². The van der Waals surface area contributed by atoms with Crippen LogP contribution < -0.4 is 4.74 Å². The first-order valence-corrected chi connectivity index (χ1v) is 12.4. The molecule has 0 radical (unpaired) electrons. The Morgan fingerprint density at radius 2 is 1.75 bits per heavy atom. The van der Waals surface area contributed by atoms with Crippen molar-refractivity contribution in [2.75, 3.05) is 6.61 Å². The predicted octanol–water partition coefficient (Wildman–Crippen LogP) is 7.90. The Labute approximate surface area is 221 Å². The fourth-order valence-corrected chi connectivity index (χ4v) is 4.98. The molecule has 0 saturated carbocycles. The maximum atomic E-state index is 13.9. The highest BCUT2D eigenvalue weighted by molar-refractivity contribution is 8.18. The maximum absolute atomic E-state index is 13.9. The molecule has 1 heterocycles. The van der Waals surface area contributed by atoms with E-state index in [-0.39, 0.29) is 40.3 Å². The number of benzene rings is 3. The molecule has 0 bridgehead atoms. The van der Waals surface area contributed by atoms with E-state index in [4.69, 9.17) is 32.7 Å². The number of halogens is 3. The van der Waals surface area contributed by atoms with Gasteiger partial charge in [0.05, 0.1) is 27.2 Å². The first-order valence-electron chi connectivity index (χ1n) is 10.9. The molecule has 5 nitrogen and oxygen atoms in total. The summed E-state index contributed by atoms with van der Waals surface area (Å²) in [6.45, 7) is 1.79. The molecule has 3 aromatic carbocycles. The molecule has 0 fully saturated rings. The first-order chi connectivity index (χ1) is 17.4. The molecule has 1 aliphatic heterocycles. The molecule has 0 aromatic heterocycles. The van der Waals surface area contributed by atoms with E-state index in [9.17, 15) is 14.3 Å². The number of esters is 1. The highest BCUT2D eigenvalue weighted by Crippen LogP contribution is 2.42. The third kappa shape index (κ3) is 5.93. The van der Waals surface area contributed by atoms with Crippen LogP contribution in [0.3, 0.4) is 0 Å². The number of thioether (sulfide) groups is 1. The number of aliphatic hydroxyl groups is 1. The van der Waals surface area contributed by atoms with Gasteiger partial charge in [-0.3, -0.25) is 0 Å².